The summed E-state index contributed by atoms with van der Waals surface area (Å²) in [6.07, 6.45) is 6.32. The van der Waals surface area contributed by atoms with Crippen molar-refractivity contribution in [1.29, 1.82) is 0 Å². The molecule has 4 heteroatoms. The Hall–Kier alpha value is -0.220. The van der Waals surface area contributed by atoms with Crippen LogP contribution in [0.2, 0.25) is 0 Å². The lowest BCUT2D eigenvalue weighted by molar-refractivity contribution is -0.136. The van der Waals surface area contributed by atoms with E-state index >= 15 is 0 Å². The van der Waals surface area contributed by atoms with Crippen molar-refractivity contribution >= 4 is 17.7 Å². The van der Waals surface area contributed by atoms with Gasteiger partial charge in [-0.15, -0.1) is 0 Å². The summed E-state index contributed by atoms with van der Waals surface area (Å²) in [7, 11) is 0. The van der Waals surface area contributed by atoms with Gasteiger partial charge in [0.25, 0.3) is 0 Å². The van der Waals surface area contributed by atoms with Gasteiger partial charge in [0.05, 0.1) is 6.04 Å². The maximum absolute atomic E-state index is 12.2. The molecule has 0 bridgehead atoms. The summed E-state index contributed by atoms with van der Waals surface area (Å²) >= 11 is 1.75. The molecule has 3 nitrogen and oxygen atoms in total. The SMILES string of the molecule is CCC1(C)CCCN(C(=O)[C@@H](N)CCSC)C1. The van der Waals surface area contributed by atoms with Crippen molar-refractivity contribution in [2.75, 3.05) is 25.1 Å². The van der Waals surface area contributed by atoms with Gasteiger partial charge in [0.15, 0.2) is 0 Å². The Bertz CT molecular complexity index is 260. The van der Waals surface area contributed by atoms with Gasteiger partial charge in [-0.25, -0.2) is 0 Å². The lowest BCUT2D eigenvalue weighted by atomic mass is 9.79. The normalized spacial score (nSPS) is 26.9. The Labute approximate surface area is 109 Å². The number of hydrogen-bond acceptors (Lipinski definition) is 3. The van der Waals surface area contributed by atoms with Crippen molar-refractivity contribution in [3.05, 3.63) is 0 Å². The molecule has 1 heterocycles. The first-order valence-electron chi connectivity index (χ1n) is 6.56. The molecule has 1 unspecified atom stereocenters. The number of rotatable bonds is 5. The van der Waals surface area contributed by atoms with Crippen LogP contribution in [0.3, 0.4) is 0 Å². The van der Waals surface area contributed by atoms with Gasteiger partial charge in [0.2, 0.25) is 5.91 Å². The Morgan fingerprint density at radius 2 is 2.29 bits per heavy atom. The van der Waals surface area contributed by atoms with Crippen LogP contribution in [0.15, 0.2) is 0 Å². The van der Waals surface area contributed by atoms with E-state index in [1.54, 1.807) is 11.8 Å². The Kier molecular flexibility index (Phi) is 5.80. The molecule has 1 saturated heterocycles. The molecule has 0 saturated carbocycles. The van der Waals surface area contributed by atoms with Gasteiger partial charge < -0.3 is 10.6 Å². The number of piperidine rings is 1. The van der Waals surface area contributed by atoms with Crippen LogP contribution in [-0.4, -0.2) is 41.9 Å². The minimum absolute atomic E-state index is 0.151. The van der Waals surface area contributed by atoms with Crippen molar-refractivity contribution in [1.82, 2.24) is 4.90 Å². The Morgan fingerprint density at radius 3 is 2.88 bits per heavy atom. The maximum atomic E-state index is 12.2. The van der Waals surface area contributed by atoms with E-state index in [1.165, 1.54) is 6.42 Å². The molecule has 2 N–H and O–H groups in total. The fourth-order valence-corrected chi connectivity index (χ4v) is 2.88. The quantitative estimate of drug-likeness (QED) is 0.821. The molecule has 1 rings (SSSR count). The van der Waals surface area contributed by atoms with E-state index in [4.69, 9.17) is 5.73 Å². The average Bonchev–Trinajstić information content (AvgIpc) is 2.35. The first-order chi connectivity index (χ1) is 8.02. The lowest BCUT2D eigenvalue weighted by Crippen LogP contribution is -2.50. The fourth-order valence-electron chi connectivity index (χ4n) is 2.40. The van der Waals surface area contributed by atoms with Crippen LogP contribution in [0, 0.1) is 5.41 Å². The van der Waals surface area contributed by atoms with Crippen molar-refractivity contribution in [3.63, 3.8) is 0 Å². The molecule has 100 valence electrons. The molecule has 2 atom stereocenters. The topological polar surface area (TPSA) is 46.3 Å². The highest BCUT2D eigenvalue weighted by atomic mass is 32.2. The molecule has 17 heavy (non-hydrogen) atoms. The van der Waals surface area contributed by atoms with E-state index in [0.717, 1.165) is 38.1 Å². The predicted octanol–water partition coefficient (Wildman–Crippen LogP) is 2.11. The zero-order valence-electron chi connectivity index (χ0n) is 11.4. The molecule has 0 aliphatic carbocycles. The van der Waals surface area contributed by atoms with Crippen LogP contribution in [0.4, 0.5) is 0 Å². The van der Waals surface area contributed by atoms with Crippen molar-refractivity contribution in [3.8, 4) is 0 Å². The number of hydrogen-bond donors (Lipinski definition) is 1. The van der Waals surface area contributed by atoms with Gasteiger partial charge in [-0.1, -0.05) is 13.8 Å². The summed E-state index contributed by atoms with van der Waals surface area (Å²) in [6.45, 7) is 6.26. The maximum Gasteiger partial charge on any atom is 0.239 e. The third-order valence-corrected chi connectivity index (χ3v) is 4.54. The molecule has 1 fully saturated rings. The van der Waals surface area contributed by atoms with Gasteiger partial charge in [-0.05, 0) is 43.1 Å². The summed E-state index contributed by atoms with van der Waals surface area (Å²) in [5.41, 5.74) is 6.26. The highest BCUT2D eigenvalue weighted by Crippen LogP contribution is 2.32. The van der Waals surface area contributed by atoms with Crippen molar-refractivity contribution in [2.45, 2.75) is 45.6 Å². The van der Waals surface area contributed by atoms with E-state index in [9.17, 15) is 4.79 Å². The number of thioether (sulfide) groups is 1. The zero-order chi connectivity index (χ0) is 12.9. The fraction of sp³-hybridized carbons (Fsp3) is 0.923. The largest absolute Gasteiger partial charge is 0.341 e. The minimum Gasteiger partial charge on any atom is -0.341 e. The second-order valence-corrected chi connectivity index (χ2v) is 6.40. The second-order valence-electron chi connectivity index (χ2n) is 5.42. The summed E-state index contributed by atoms with van der Waals surface area (Å²) in [4.78, 5) is 14.2. The smallest absolute Gasteiger partial charge is 0.239 e. The third-order valence-electron chi connectivity index (χ3n) is 3.90. The molecule has 0 radical (unpaired) electrons. The molecular weight excluding hydrogens is 232 g/mol. The van der Waals surface area contributed by atoms with Crippen molar-refractivity contribution in [2.24, 2.45) is 11.1 Å². The van der Waals surface area contributed by atoms with Crippen LogP contribution in [0.1, 0.15) is 39.5 Å². The van der Waals surface area contributed by atoms with E-state index < -0.39 is 0 Å². The number of amides is 1. The first kappa shape index (κ1) is 14.8. The number of carbonyl (C=O) groups excluding carboxylic acids is 1. The van der Waals surface area contributed by atoms with E-state index in [2.05, 4.69) is 13.8 Å². The number of nitrogens with two attached hydrogens (primary N) is 1. The highest BCUT2D eigenvalue weighted by molar-refractivity contribution is 7.98. The Morgan fingerprint density at radius 1 is 1.59 bits per heavy atom. The van der Waals surface area contributed by atoms with Gasteiger partial charge >= 0.3 is 0 Å². The Balaban J connectivity index is 2.51. The van der Waals surface area contributed by atoms with Crippen molar-refractivity contribution < 1.29 is 4.79 Å². The van der Waals surface area contributed by atoms with Crippen LogP contribution in [0.5, 0.6) is 0 Å². The minimum atomic E-state index is -0.304. The summed E-state index contributed by atoms with van der Waals surface area (Å²) in [5.74, 6) is 1.12. The van der Waals surface area contributed by atoms with Crippen LogP contribution < -0.4 is 5.73 Å². The molecule has 1 amide bonds. The molecular formula is C13H26N2OS. The molecule has 1 aliphatic rings. The monoisotopic (exact) mass is 258 g/mol. The lowest BCUT2D eigenvalue weighted by Gasteiger charge is -2.41. The van der Waals surface area contributed by atoms with Crippen LogP contribution in [-0.2, 0) is 4.79 Å². The number of likely N-dealkylation sites (tertiary alicyclic amines) is 1. The van der Waals surface area contributed by atoms with Crippen LogP contribution in [0.25, 0.3) is 0 Å². The summed E-state index contributed by atoms with van der Waals surface area (Å²) in [6, 6.07) is -0.304. The van der Waals surface area contributed by atoms with Gasteiger partial charge in [0.1, 0.15) is 0 Å². The van der Waals surface area contributed by atoms with Gasteiger partial charge in [-0.2, -0.15) is 11.8 Å². The number of carbonyl (C=O) groups is 1. The molecule has 0 spiro atoms. The van der Waals surface area contributed by atoms with Gasteiger partial charge in [-0.3, -0.25) is 4.79 Å². The highest BCUT2D eigenvalue weighted by Gasteiger charge is 2.33. The second kappa shape index (κ2) is 6.64. The van der Waals surface area contributed by atoms with Gasteiger partial charge in [0, 0.05) is 13.1 Å². The average molecular weight is 258 g/mol. The zero-order valence-corrected chi connectivity index (χ0v) is 12.2. The summed E-state index contributed by atoms with van der Waals surface area (Å²) in [5, 5.41) is 0. The first-order valence-corrected chi connectivity index (χ1v) is 7.95. The standard InChI is InChI=1S/C13H26N2OS/c1-4-13(2)7-5-8-15(10-13)12(16)11(14)6-9-17-3/h11H,4-10,14H2,1-3H3/t11-,13?/m0/s1. The third kappa shape index (κ3) is 4.18. The molecule has 0 aromatic rings. The predicted molar refractivity (Wildman–Crippen MR) is 75.2 cm³/mol. The molecule has 0 aromatic carbocycles. The van der Waals surface area contributed by atoms with E-state index in [-0.39, 0.29) is 11.9 Å². The molecule has 1 aliphatic heterocycles. The molecule has 0 aromatic heterocycles. The van der Waals surface area contributed by atoms with E-state index in [0.29, 0.717) is 5.41 Å². The number of nitrogens with zero attached hydrogens (tertiary/aromatic N) is 1. The van der Waals surface area contributed by atoms with E-state index in [1.807, 2.05) is 11.2 Å². The summed E-state index contributed by atoms with van der Waals surface area (Å²) < 4.78 is 0. The van der Waals surface area contributed by atoms with Crippen LogP contribution >= 0.6 is 11.8 Å².